The molecule has 0 aliphatic carbocycles. The summed E-state index contributed by atoms with van der Waals surface area (Å²) >= 11 is 13.2. The molecular weight excluding hydrogens is 477 g/mol. The van der Waals surface area contributed by atoms with E-state index in [9.17, 15) is 24.1 Å². The number of fused-ring (bicyclic) bond motifs is 1. The Bertz CT molecular complexity index is 1550. The van der Waals surface area contributed by atoms with Crippen LogP contribution in [0.25, 0.3) is 11.6 Å². The molecule has 1 aromatic heterocycles. The summed E-state index contributed by atoms with van der Waals surface area (Å²) in [5, 5.41) is 19.5. The first-order chi connectivity index (χ1) is 15.3. The Labute approximate surface area is 193 Å². The normalized spacial score (nSPS) is 16.0. The van der Waals surface area contributed by atoms with E-state index >= 15 is 0 Å². The molecule has 1 aliphatic rings. The molecule has 1 atom stereocenters. The van der Waals surface area contributed by atoms with Crippen molar-refractivity contribution in [3.05, 3.63) is 100 Å². The molecule has 0 amide bonds. The lowest BCUT2D eigenvalue weighted by Gasteiger charge is -2.24. The van der Waals surface area contributed by atoms with Gasteiger partial charge in [-0.25, -0.2) is 8.78 Å². The van der Waals surface area contributed by atoms with Crippen LogP contribution in [0.15, 0.2) is 52.5 Å². The van der Waals surface area contributed by atoms with Crippen molar-refractivity contribution in [3.8, 4) is 12.1 Å². The molecule has 5 nitrogen and oxygen atoms in total. The van der Waals surface area contributed by atoms with Gasteiger partial charge in [-0.3, -0.25) is 9.36 Å². The van der Waals surface area contributed by atoms with Crippen molar-refractivity contribution in [1.82, 2.24) is 4.57 Å². The lowest BCUT2D eigenvalue weighted by atomic mass is 9.93. The van der Waals surface area contributed by atoms with E-state index in [2.05, 4.69) is 0 Å². The third-order valence-electron chi connectivity index (χ3n) is 4.94. The van der Waals surface area contributed by atoms with E-state index < -0.39 is 23.2 Å². The molecule has 2 heterocycles. The van der Waals surface area contributed by atoms with Gasteiger partial charge in [-0.2, -0.15) is 10.5 Å². The molecular formula is C22H10Cl2F2N4OS. The molecule has 0 fully saturated rings. The Morgan fingerprint density at radius 2 is 1.72 bits per heavy atom. The predicted octanol–water partition coefficient (Wildman–Crippen LogP) is 3.34. The SMILES string of the molecule is N#CC1=C(N)C(C#N)=c2sc(=Cc3c(F)cccc3Cl)c(=O)n2[C@H]1c1c(F)cccc1Cl. The van der Waals surface area contributed by atoms with E-state index in [1.807, 2.05) is 12.1 Å². The highest BCUT2D eigenvalue weighted by molar-refractivity contribution is 7.07. The Kier molecular flexibility index (Phi) is 5.62. The average molecular weight is 487 g/mol. The topological polar surface area (TPSA) is 95.6 Å². The lowest BCUT2D eigenvalue weighted by Crippen LogP contribution is -2.40. The standard InChI is InChI=1S/C22H10Cl2F2N4OS/c23-13-3-1-5-15(25)10(13)7-17-21(31)30-20(18-14(24)4-2-6-16(18)26)11(8-27)19(29)12(9-28)22(30)32-17/h1-7,20H,29H2/t20-/m1/s1. The number of nitrogens with zero attached hydrogens (tertiary/aromatic N) is 3. The smallest absolute Gasteiger partial charge is 0.269 e. The van der Waals surface area contributed by atoms with Crippen LogP contribution in [0, 0.1) is 34.3 Å². The van der Waals surface area contributed by atoms with Gasteiger partial charge in [-0.15, -0.1) is 11.3 Å². The predicted molar refractivity (Wildman–Crippen MR) is 118 cm³/mol. The maximum atomic E-state index is 14.8. The van der Waals surface area contributed by atoms with Crippen LogP contribution < -0.4 is 20.5 Å². The van der Waals surface area contributed by atoms with Crippen LogP contribution in [0.5, 0.6) is 0 Å². The highest BCUT2D eigenvalue weighted by Gasteiger charge is 2.34. The van der Waals surface area contributed by atoms with Gasteiger partial charge in [0, 0.05) is 16.1 Å². The zero-order chi connectivity index (χ0) is 23.2. The summed E-state index contributed by atoms with van der Waals surface area (Å²) in [7, 11) is 0. The molecule has 0 spiro atoms. The van der Waals surface area contributed by atoms with Crippen LogP contribution >= 0.6 is 34.5 Å². The van der Waals surface area contributed by atoms with Crippen LogP contribution in [0.3, 0.4) is 0 Å². The average Bonchev–Trinajstić information content (AvgIpc) is 3.06. The first-order valence-electron chi connectivity index (χ1n) is 8.95. The monoisotopic (exact) mass is 486 g/mol. The van der Waals surface area contributed by atoms with Crippen LogP contribution in [0.2, 0.25) is 10.0 Å². The maximum Gasteiger partial charge on any atom is 0.269 e. The van der Waals surface area contributed by atoms with Gasteiger partial charge in [0.15, 0.2) is 0 Å². The summed E-state index contributed by atoms with van der Waals surface area (Å²) in [6, 6.07) is 10.5. The second-order valence-corrected chi connectivity index (χ2v) is 8.54. The van der Waals surface area contributed by atoms with E-state index in [1.165, 1.54) is 36.4 Å². The highest BCUT2D eigenvalue weighted by atomic mass is 35.5. The lowest BCUT2D eigenvalue weighted by molar-refractivity contribution is 0.559. The number of thiazole rings is 1. The minimum absolute atomic E-state index is 0.0178. The maximum absolute atomic E-state index is 14.8. The fourth-order valence-corrected chi connectivity index (χ4v) is 5.08. The highest BCUT2D eigenvalue weighted by Crippen LogP contribution is 2.35. The molecule has 4 rings (SSSR count). The van der Waals surface area contributed by atoms with Gasteiger partial charge >= 0.3 is 0 Å². The molecule has 1 aliphatic heterocycles. The third kappa shape index (κ3) is 3.30. The second-order valence-electron chi connectivity index (χ2n) is 6.69. The van der Waals surface area contributed by atoms with E-state index in [1.54, 1.807) is 0 Å². The molecule has 3 aromatic rings. The van der Waals surface area contributed by atoms with E-state index in [0.717, 1.165) is 22.0 Å². The van der Waals surface area contributed by atoms with Crippen molar-refractivity contribution in [1.29, 1.82) is 10.5 Å². The number of benzene rings is 2. The zero-order valence-corrected chi connectivity index (χ0v) is 18.2. The summed E-state index contributed by atoms with van der Waals surface area (Å²) in [6.45, 7) is 0. The van der Waals surface area contributed by atoms with Gasteiger partial charge < -0.3 is 5.73 Å². The fourth-order valence-electron chi connectivity index (χ4n) is 3.49. The Balaban J connectivity index is 2.16. The second kappa shape index (κ2) is 8.25. The van der Waals surface area contributed by atoms with E-state index in [0.29, 0.717) is 0 Å². The number of hydrogen-bond acceptors (Lipinski definition) is 5. The molecule has 158 valence electrons. The molecule has 2 aromatic carbocycles. The van der Waals surface area contributed by atoms with Crippen LogP contribution in [-0.4, -0.2) is 4.57 Å². The number of hydrogen-bond donors (Lipinski definition) is 1. The Morgan fingerprint density at radius 3 is 2.31 bits per heavy atom. The zero-order valence-electron chi connectivity index (χ0n) is 15.9. The summed E-state index contributed by atoms with van der Waals surface area (Å²) in [6.07, 6.45) is 1.24. The van der Waals surface area contributed by atoms with Gasteiger partial charge in [-0.1, -0.05) is 35.3 Å². The van der Waals surface area contributed by atoms with Gasteiger partial charge in [0.2, 0.25) is 0 Å². The fraction of sp³-hybridized carbons (Fsp3) is 0.0455. The number of halogens is 4. The first kappa shape index (κ1) is 21.8. The molecule has 0 radical (unpaired) electrons. The van der Waals surface area contributed by atoms with Crippen LogP contribution in [-0.2, 0) is 0 Å². The van der Waals surface area contributed by atoms with Crippen molar-refractivity contribution in [3.63, 3.8) is 0 Å². The first-order valence-corrected chi connectivity index (χ1v) is 10.5. The molecule has 0 bridgehead atoms. The summed E-state index contributed by atoms with van der Waals surface area (Å²) in [4.78, 5) is 13.4. The summed E-state index contributed by atoms with van der Waals surface area (Å²) in [5.41, 5.74) is 4.74. The van der Waals surface area contributed by atoms with Gasteiger partial charge in [-0.05, 0) is 30.3 Å². The number of allylic oxidation sites excluding steroid dienone is 2. The van der Waals surface area contributed by atoms with Crippen molar-refractivity contribution >= 4 is 46.2 Å². The minimum atomic E-state index is -1.30. The molecule has 10 heteroatoms. The van der Waals surface area contributed by atoms with E-state index in [-0.39, 0.29) is 47.2 Å². The summed E-state index contributed by atoms with van der Waals surface area (Å²) in [5.74, 6) is -1.41. The van der Waals surface area contributed by atoms with Gasteiger partial charge in [0.1, 0.15) is 34.0 Å². The van der Waals surface area contributed by atoms with Gasteiger partial charge in [0.25, 0.3) is 5.56 Å². The molecule has 0 saturated heterocycles. The van der Waals surface area contributed by atoms with Crippen molar-refractivity contribution < 1.29 is 8.78 Å². The number of nitriles is 2. The minimum Gasteiger partial charge on any atom is -0.397 e. The number of rotatable bonds is 2. The van der Waals surface area contributed by atoms with Crippen molar-refractivity contribution in [2.75, 3.05) is 0 Å². The van der Waals surface area contributed by atoms with Crippen molar-refractivity contribution in [2.24, 2.45) is 5.73 Å². The van der Waals surface area contributed by atoms with E-state index in [4.69, 9.17) is 28.9 Å². The van der Waals surface area contributed by atoms with Crippen molar-refractivity contribution in [2.45, 2.75) is 6.04 Å². The van der Waals surface area contributed by atoms with Gasteiger partial charge in [0.05, 0.1) is 26.9 Å². The molecule has 32 heavy (non-hydrogen) atoms. The van der Waals surface area contributed by atoms with Crippen LogP contribution in [0.4, 0.5) is 8.78 Å². The summed E-state index contributed by atoms with van der Waals surface area (Å²) < 4.78 is 30.3. The molecule has 0 unspecified atom stereocenters. The number of nitrogens with two attached hydrogens (primary N) is 1. The molecule has 2 N–H and O–H groups in total. The largest absolute Gasteiger partial charge is 0.397 e. The number of aromatic nitrogens is 1. The Hall–Kier alpha value is -3.43. The molecule has 0 saturated carbocycles. The third-order valence-corrected chi connectivity index (χ3v) is 6.71. The van der Waals surface area contributed by atoms with Crippen LogP contribution in [0.1, 0.15) is 17.2 Å². The Morgan fingerprint density at radius 1 is 1.06 bits per heavy atom. The quantitative estimate of drug-likeness (QED) is 0.600.